The molecule has 2 N–H and O–H groups in total. The summed E-state index contributed by atoms with van der Waals surface area (Å²) in [5, 5.41) is 5.91. The van der Waals surface area contributed by atoms with Gasteiger partial charge in [-0.25, -0.2) is 8.78 Å². The summed E-state index contributed by atoms with van der Waals surface area (Å²) in [6.45, 7) is 2.41. The molecule has 1 unspecified atom stereocenters. The topological polar surface area (TPSA) is 41.1 Å². The quantitative estimate of drug-likeness (QED) is 0.836. The molecule has 1 aliphatic rings. The van der Waals surface area contributed by atoms with Crippen molar-refractivity contribution in [1.29, 1.82) is 0 Å². The van der Waals surface area contributed by atoms with Gasteiger partial charge in [0.25, 0.3) is 5.91 Å². The summed E-state index contributed by atoms with van der Waals surface area (Å²) in [5.41, 5.74) is 0.148. The van der Waals surface area contributed by atoms with Crippen LogP contribution in [0.3, 0.4) is 0 Å². The molecule has 17 heavy (non-hydrogen) atoms. The number of rotatable bonds is 3. The Morgan fingerprint density at radius 1 is 1.41 bits per heavy atom. The van der Waals surface area contributed by atoms with Crippen molar-refractivity contribution in [2.24, 2.45) is 5.92 Å². The molecule has 0 aliphatic carbocycles. The molecule has 1 aromatic carbocycles. The van der Waals surface area contributed by atoms with Crippen molar-refractivity contribution in [3.63, 3.8) is 0 Å². The number of carbonyl (C=O) groups excluding carboxylic acids is 1. The van der Waals surface area contributed by atoms with E-state index in [0.29, 0.717) is 12.5 Å². The van der Waals surface area contributed by atoms with E-state index in [1.165, 1.54) is 6.07 Å². The van der Waals surface area contributed by atoms with E-state index in [9.17, 15) is 13.6 Å². The Morgan fingerprint density at radius 3 is 2.88 bits per heavy atom. The molecular weight excluding hydrogens is 226 g/mol. The monoisotopic (exact) mass is 240 g/mol. The van der Waals surface area contributed by atoms with Gasteiger partial charge in [-0.05, 0) is 43.6 Å². The number of halogens is 2. The zero-order valence-corrected chi connectivity index (χ0v) is 9.30. The Balaban J connectivity index is 1.92. The van der Waals surface area contributed by atoms with Gasteiger partial charge in [0, 0.05) is 12.1 Å². The molecule has 92 valence electrons. The number of hydrogen-bond donors (Lipinski definition) is 2. The molecule has 0 aromatic heterocycles. The lowest BCUT2D eigenvalue weighted by molar-refractivity contribution is 0.0947. The summed E-state index contributed by atoms with van der Waals surface area (Å²) in [4.78, 5) is 11.6. The normalized spacial score (nSPS) is 19.3. The molecular formula is C12H14F2N2O. The minimum Gasteiger partial charge on any atom is -0.352 e. The van der Waals surface area contributed by atoms with Gasteiger partial charge in [0.15, 0.2) is 11.6 Å². The molecule has 0 radical (unpaired) electrons. The number of nitrogens with one attached hydrogen (secondary N) is 2. The molecule has 1 aliphatic heterocycles. The average Bonchev–Trinajstić information content (AvgIpc) is 2.82. The Bertz CT molecular complexity index is 417. The first-order valence-electron chi connectivity index (χ1n) is 5.61. The van der Waals surface area contributed by atoms with Crippen molar-refractivity contribution >= 4 is 5.91 Å². The summed E-state index contributed by atoms with van der Waals surface area (Å²) < 4.78 is 25.6. The molecule has 1 atom stereocenters. The summed E-state index contributed by atoms with van der Waals surface area (Å²) in [6, 6.07) is 3.15. The van der Waals surface area contributed by atoms with Crippen LogP contribution < -0.4 is 10.6 Å². The second-order valence-corrected chi connectivity index (χ2v) is 4.20. The summed E-state index contributed by atoms with van der Waals surface area (Å²) in [5.74, 6) is -1.89. The summed E-state index contributed by atoms with van der Waals surface area (Å²) >= 11 is 0. The van der Waals surface area contributed by atoms with Crippen LogP contribution in [0.15, 0.2) is 18.2 Å². The van der Waals surface area contributed by atoms with Gasteiger partial charge >= 0.3 is 0 Å². The first-order valence-corrected chi connectivity index (χ1v) is 5.61. The maximum atomic E-state index is 12.9. The second kappa shape index (κ2) is 5.23. The van der Waals surface area contributed by atoms with E-state index in [1.807, 2.05) is 0 Å². The number of amides is 1. The third-order valence-electron chi connectivity index (χ3n) is 2.90. The predicted octanol–water partition coefficient (Wildman–Crippen LogP) is 1.30. The van der Waals surface area contributed by atoms with E-state index in [2.05, 4.69) is 10.6 Å². The van der Waals surface area contributed by atoms with Crippen LogP contribution in [-0.4, -0.2) is 25.5 Å². The Hall–Kier alpha value is -1.49. The lowest BCUT2D eigenvalue weighted by atomic mass is 10.1. The van der Waals surface area contributed by atoms with Gasteiger partial charge in [-0.2, -0.15) is 0 Å². The zero-order chi connectivity index (χ0) is 12.3. The van der Waals surface area contributed by atoms with Crippen molar-refractivity contribution in [3.8, 4) is 0 Å². The molecule has 0 bridgehead atoms. The van der Waals surface area contributed by atoms with Crippen molar-refractivity contribution in [3.05, 3.63) is 35.4 Å². The molecule has 0 saturated carbocycles. The highest BCUT2D eigenvalue weighted by molar-refractivity contribution is 5.94. The largest absolute Gasteiger partial charge is 0.352 e. The Kier molecular flexibility index (Phi) is 3.68. The van der Waals surface area contributed by atoms with E-state index < -0.39 is 11.6 Å². The molecule has 1 aromatic rings. The molecule has 1 amide bonds. The summed E-state index contributed by atoms with van der Waals surface area (Å²) in [6.07, 6.45) is 1.03. The molecule has 5 heteroatoms. The number of hydrogen-bond acceptors (Lipinski definition) is 2. The third kappa shape index (κ3) is 3.00. The van der Waals surface area contributed by atoms with Crippen LogP contribution in [0.5, 0.6) is 0 Å². The van der Waals surface area contributed by atoms with Crippen LogP contribution in [0.25, 0.3) is 0 Å². The first-order chi connectivity index (χ1) is 8.16. The SMILES string of the molecule is O=C(NCC1CCNC1)c1ccc(F)c(F)c1. The fourth-order valence-electron chi connectivity index (χ4n) is 1.87. The van der Waals surface area contributed by atoms with Gasteiger partial charge in [-0.15, -0.1) is 0 Å². The van der Waals surface area contributed by atoms with Gasteiger partial charge in [-0.1, -0.05) is 0 Å². The fourth-order valence-corrected chi connectivity index (χ4v) is 1.87. The van der Waals surface area contributed by atoms with E-state index in [-0.39, 0.29) is 11.5 Å². The molecule has 0 spiro atoms. The molecule has 3 nitrogen and oxygen atoms in total. The minimum absolute atomic E-state index is 0.148. The highest BCUT2D eigenvalue weighted by Crippen LogP contribution is 2.09. The zero-order valence-electron chi connectivity index (χ0n) is 9.30. The van der Waals surface area contributed by atoms with Gasteiger partial charge in [-0.3, -0.25) is 4.79 Å². The van der Waals surface area contributed by atoms with E-state index in [0.717, 1.165) is 31.6 Å². The standard InChI is InChI=1S/C12H14F2N2O/c13-10-2-1-9(5-11(10)14)12(17)16-7-8-3-4-15-6-8/h1-2,5,8,15H,3-4,6-7H2,(H,16,17). The fraction of sp³-hybridized carbons (Fsp3) is 0.417. The first kappa shape index (κ1) is 12.0. The van der Waals surface area contributed by atoms with E-state index in [4.69, 9.17) is 0 Å². The van der Waals surface area contributed by atoms with Crippen molar-refractivity contribution in [1.82, 2.24) is 10.6 Å². The van der Waals surface area contributed by atoms with Crippen LogP contribution in [0.2, 0.25) is 0 Å². The minimum atomic E-state index is -1.000. The van der Waals surface area contributed by atoms with E-state index >= 15 is 0 Å². The Labute approximate surface area is 98.2 Å². The van der Waals surface area contributed by atoms with Gasteiger partial charge in [0.05, 0.1) is 0 Å². The molecule has 1 fully saturated rings. The van der Waals surface area contributed by atoms with Gasteiger partial charge in [0.2, 0.25) is 0 Å². The van der Waals surface area contributed by atoms with Crippen LogP contribution in [-0.2, 0) is 0 Å². The Morgan fingerprint density at radius 2 is 2.24 bits per heavy atom. The van der Waals surface area contributed by atoms with Crippen LogP contribution in [0.4, 0.5) is 8.78 Å². The van der Waals surface area contributed by atoms with Gasteiger partial charge in [0.1, 0.15) is 0 Å². The van der Waals surface area contributed by atoms with Crippen molar-refractivity contribution < 1.29 is 13.6 Å². The number of carbonyl (C=O) groups is 1. The van der Waals surface area contributed by atoms with Crippen LogP contribution in [0, 0.1) is 17.6 Å². The molecule has 1 heterocycles. The van der Waals surface area contributed by atoms with Gasteiger partial charge < -0.3 is 10.6 Å². The number of benzene rings is 1. The third-order valence-corrected chi connectivity index (χ3v) is 2.90. The molecule has 2 rings (SSSR count). The predicted molar refractivity (Wildman–Crippen MR) is 59.7 cm³/mol. The lowest BCUT2D eigenvalue weighted by Crippen LogP contribution is -2.30. The average molecular weight is 240 g/mol. The van der Waals surface area contributed by atoms with Crippen molar-refractivity contribution in [2.75, 3.05) is 19.6 Å². The highest BCUT2D eigenvalue weighted by Gasteiger charge is 2.16. The van der Waals surface area contributed by atoms with Crippen LogP contribution in [0.1, 0.15) is 16.8 Å². The molecule has 1 saturated heterocycles. The second-order valence-electron chi connectivity index (χ2n) is 4.20. The maximum absolute atomic E-state index is 12.9. The maximum Gasteiger partial charge on any atom is 0.251 e. The highest BCUT2D eigenvalue weighted by atomic mass is 19.2. The summed E-state index contributed by atoms with van der Waals surface area (Å²) in [7, 11) is 0. The van der Waals surface area contributed by atoms with E-state index in [1.54, 1.807) is 0 Å². The van der Waals surface area contributed by atoms with Crippen molar-refractivity contribution in [2.45, 2.75) is 6.42 Å². The smallest absolute Gasteiger partial charge is 0.251 e. The lowest BCUT2D eigenvalue weighted by Gasteiger charge is -2.10. The van der Waals surface area contributed by atoms with Crippen LogP contribution >= 0.6 is 0 Å².